The molecule has 2 aromatic carbocycles. The van der Waals surface area contributed by atoms with Crippen LogP contribution in [0.5, 0.6) is 5.75 Å². The molecule has 0 atom stereocenters. The highest BCUT2D eigenvalue weighted by atomic mass is 79.9. The molecule has 2 aromatic heterocycles. The largest absolute Gasteiger partial charge is 0.489 e. The first-order valence-corrected chi connectivity index (χ1v) is 9.93. The summed E-state index contributed by atoms with van der Waals surface area (Å²) >= 11 is 3.32. The summed E-state index contributed by atoms with van der Waals surface area (Å²) < 4.78 is 14.0. The Kier molecular flexibility index (Phi) is 5.58. The Morgan fingerprint density at radius 2 is 1.73 bits per heavy atom. The quantitative estimate of drug-likeness (QED) is 0.431. The highest BCUT2D eigenvalue weighted by Crippen LogP contribution is 2.27. The highest BCUT2D eigenvalue weighted by Gasteiger charge is 2.22. The summed E-state index contributed by atoms with van der Waals surface area (Å²) in [4.78, 5) is 25.1. The summed E-state index contributed by atoms with van der Waals surface area (Å²) in [5.74, 6) is -0.258. The maximum absolute atomic E-state index is 12.8. The molecule has 8 heteroatoms. The minimum atomic E-state index is -0.570. The first-order chi connectivity index (χ1) is 14.5. The summed E-state index contributed by atoms with van der Waals surface area (Å²) in [6.45, 7) is 0.141. The molecule has 2 amide bonds. The Morgan fingerprint density at radius 1 is 1.03 bits per heavy atom. The van der Waals surface area contributed by atoms with Crippen molar-refractivity contribution in [2.75, 3.05) is 0 Å². The van der Waals surface area contributed by atoms with Crippen molar-refractivity contribution in [3.8, 4) is 5.75 Å². The van der Waals surface area contributed by atoms with Gasteiger partial charge >= 0.3 is 5.91 Å². The number of ether oxygens (including phenoxy) is 1. The molecule has 7 nitrogen and oxygen atoms in total. The van der Waals surface area contributed by atoms with Crippen LogP contribution in [0.25, 0.3) is 11.0 Å². The van der Waals surface area contributed by atoms with Crippen LogP contribution >= 0.6 is 15.9 Å². The van der Waals surface area contributed by atoms with E-state index in [2.05, 4.69) is 26.8 Å². The van der Waals surface area contributed by atoms with E-state index in [-0.39, 0.29) is 12.4 Å². The van der Waals surface area contributed by atoms with E-state index in [1.807, 2.05) is 48.5 Å². The van der Waals surface area contributed by atoms with Crippen LogP contribution in [0, 0.1) is 0 Å². The third-order valence-electron chi connectivity index (χ3n) is 4.52. The van der Waals surface area contributed by atoms with Crippen LogP contribution in [0.1, 0.15) is 26.6 Å². The zero-order valence-electron chi connectivity index (χ0n) is 16.0. The number of amides is 2. The number of hydrogen-bond donors (Lipinski definition) is 2. The Hall–Kier alpha value is -3.52. The van der Waals surface area contributed by atoms with Crippen LogP contribution in [-0.4, -0.2) is 16.4 Å². The molecule has 0 aliphatic heterocycles. The number of fused-ring (bicyclic) bond motifs is 1. The van der Waals surface area contributed by atoms with Gasteiger partial charge in [0.1, 0.15) is 23.6 Å². The molecule has 0 bridgehead atoms. The topological polar surface area (TPSA) is 85.5 Å². The number of hydrogen-bond acceptors (Lipinski definition) is 4. The van der Waals surface area contributed by atoms with Gasteiger partial charge in [-0.05, 0) is 40.2 Å². The maximum atomic E-state index is 12.8. The number of carbonyl (C=O) groups is 2. The van der Waals surface area contributed by atoms with E-state index in [4.69, 9.17) is 9.15 Å². The highest BCUT2D eigenvalue weighted by molar-refractivity contribution is 9.10. The Balaban J connectivity index is 1.54. The van der Waals surface area contributed by atoms with E-state index in [0.717, 1.165) is 9.86 Å². The molecule has 152 valence electrons. The minimum absolute atomic E-state index is 0.0838. The summed E-state index contributed by atoms with van der Waals surface area (Å²) in [5.41, 5.74) is 6.38. The SMILES string of the molecule is Cn1cc(Br)cc1C(=O)NNC(=O)c1oc2ccccc2c1COc1ccccc1. The number of rotatable bonds is 5. The van der Waals surface area contributed by atoms with E-state index < -0.39 is 11.8 Å². The number of halogens is 1. The van der Waals surface area contributed by atoms with Gasteiger partial charge < -0.3 is 13.7 Å². The number of hydrazine groups is 1. The van der Waals surface area contributed by atoms with Crippen molar-refractivity contribution in [1.29, 1.82) is 0 Å². The zero-order chi connectivity index (χ0) is 21.1. The molecule has 4 rings (SSSR count). The third-order valence-corrected chi connectivity index (χ3v) is 4.96. The first-order valence-electron chi connectivity index (χ1n) is 9.13. The molecule has 0 saturated heterocycles. The van der Waals surface area contributed by atoms with Crippen molar-refractivity contribution in [3.63, 3.8) is 0 Å². The van der Waals surface area contributed by atoms with Crippen molar-refractivity contribution in [3.05, 3.63) is 88.4 Å². The van der Waals surface area contributed by atoms with Crippen LogP contribution in [0.15, 0.2) is 75.8 Å². The smallest absolute Gasteiger partial charge is 0.305 e. The number of benzene rings is 2. The van der Waals surface area contributed by atoms with Crippen molar-refractivity contribution < 1.29 is 18.7 Å². The number of nitrogens with one attached hydrogen (secondary N) is 2. The van der Waals surface area contributed by atoms with Crippen LogP contribution in [0.4, 0.5) is 0 Å². The van der Waals surface area contributed by atoms with Gasteiger partial charge in [-0.2, -0.15) is 0 Å². The molecular weight excluding hydrogens is 450 g/mol. The molecule has 2 N–H and O–H groups in total. The minimum Gasteiger partial charge on any atom is -0.489 e. The molecule has 0 spiro atoms. The lowest BCUT2D eigenvalue weighted by molar-refractivity contribution is 0.0826. The Bertz CT molecular complexity index is 1210. The molecule has 2 heterocycles. The molecule has 0 aliphatic rings. The third kappa shape index (κ3) is 4.08. The molecule has 0 fully saturated rings. The lowest BCUT2D eigenvalue weighted by atomic mass is 10.1. The maximum Gasteiger partial charge on any atom is 0.305 e. The van der Waals surface area contributed by atoms with Crippen LogP contribution in [0.3, 0.4) is 0 Å². The number of furan rings is 1. The molecule has 0 unspecified atom stereocenters. The fourth-order valence-electron chi connectivity index (χ4n) is 3.08. The zero-order valence-corrected chi connectivity index (χ0v) is 17.6. The fraction of sp³-hybridized carbons (Fsp3) is 0.0909. The van der Waals surface area contributed by atoms with Gasteiger partial charge in [0.2, 0.25) is 5.76 Å². The monoisotopic (exact) mass is 467 g/mol. The van der Waals surface area contributed by atoms with Crippen molar-refractivity contribution >= 4 is 38.7 Å². The average molecular weight is 468 g/mol. The summed E-state index contributed by atoms with van der Waals surface area (Å²) in [7, 11) is 1.74. The lowest BCUT2D eigenvalue weighted by Crippen LogP contribution is -2.42. The molecule has 0 radical (unpaired) electrons. The first kappa shape index (κ1) is 19.8. The van der Waals surface area contributed by atoms with Gasteiger partial charge in [0.05, 0.1) is 0 Å². The second-order valence-electron chi connectivity index (χ2n) is 6.57. The van der Waals surface area contributed by atoms with Crippen LogP contribution in [-0.2, 0) is 13.7 Å². The second kappa shape index (κ2) is 8.46. The molecule has 4 aromatic rings. The van der Waals surface area contributed by atoms with Crippen molar-refractivity contribution in [1.82, 2.24) is 15.4 Å². The molecule has 0 aliphatic carbocycles. The number of aromatic nitrogens is 1. The van der Waals surface area contributed by atoms with Gasteiger partial charge in [-0.3, -0.25) is 20.4 Å². The standard InChI is InChI=1S/C22H18BrN3O4/c1-26-12-14(23)11-18(26)21(27)24-25-22(28)20-17(13-29-15-7-3-2-4-8-15)16-9-5-6-10-19(16)30-20/h2-12H,13H2,1H3,(H,24,27)(H,25,28). The van der Waals surface area contributed by atoms with Gasteiger partial charge in [0, 0.05) is 28.7 Å². The molecule has 0 saturated carbocycles. The van der Waals surface area contributed by atoms with Gasteiger partial charge in [-0.25, -0.2) is 0 Å². The van der Waals surface area contributed by atoms with E-state index in [0.29, 0.717) is 22.6 Å². The summed E-state index contributed by atoms with van der Waals surface area (Å²) in [5, 5.41) is 0.774. The fourth-order valence-corrected chi connectivity index (χ4v) is 3.61. The Labute approximate surface area is 180 Å². The average Bonchev–Trinajstić information content (AvgIpc) is 3.30. The van der Waals surface area contributed by atoms with Crippen LogP contribution in [0.2, 0.25) is 0 Å². The number of para-hydroxylation sites is 2. The van der Waals surface area contributed by atoms with Gasteiger partial charge in [0.25, 0.3) is 5.91 Å². The summed E-state index contributed by atoms with van der Waals surface area (Å²) in [6.07, 6.45) is 1.75. The number of nitrogens with zero attached hydrogens (tertiary/aromatic N) is 1. The number of aryl methyl sites for hydroxylation is 1. The van der Waals surface area contributed by atoms with E-state index >= 15 is 0 Å². The normalized spacial score (nSPS) is 10.7. The van der Waals surface area contributed by atoms with E-state index in [1.165, 1.54) is 0 Å². The van der Waals surface area contributed by atoms with Crippen molar-refractivity contribution in [2.24, 2.45) is 7.05 Å². The second-order valence-corrected chi connectivity index (χ2v) is 7.49. The van der Waals surface area contributed by atoms with Crippen molar-refractivity contribution in [2.45, 2.75) is 6.61 Å². The Morgan fingerprint density at radius 3 is 2.47 bits per heavy atom. The summed E-state index contributed by atoms with van der Waals surface area (Å²) in [6, 6.07) is 18.3. The van der Waals surface area contributed by atoms with Gasteiger partial charge in [-0.1, -0.05) is 36.4 Å². The molecular formula is C22H18BrN3O4. The van der Waals surface area contributed by atoms with E-state index in [1.54, 1.807) is 29.9 Å². The van der Waals surface area contributed by atoms with E-state index in [9.17, 15) is 9.59 Å². The van der Waals surface area contributed by atoms with Gasteiger partial charge in [-0.15, -0.1) is 0 Å². The molecule has 30 heavy (non-hydrogen) atoms. The number of carbonyl (C=O) groups excluding carboxylic acids is 2. The predicted octanol–water partition coefficient (Wildman–Crippen LogP) is 4.19. The van der Waals surface area contributed by atoms with Gasteiger partial charge in [0.15, 0.2) is 0 Å². The predicted molar refractivity (Wildman–Crippen MR) is 115 cm³/mol. The van der Waals surface area contributed by atoms with Crippen LogP contribution < -0.4 is 15.6 Å². The lowest BCUT2D eigenvalue weighted by Gasteiger charge is -2.09.